The van der Waals surface area contributed by atoms with E-state index < -0.39 is 0 Å². The first-order chi connectivity index (χ1) is 9.20. The molecule has 20 heavy (non-hydrogen) atoms. The summed E-state index contributed by atoms with van der Waals surface area (Å²) in [4.78, 5) is 6.78. The number of hydrogen-bond donors (Lipinski definition) is 1. The Morgan fingerprint density at radius 2 is 2.05 bits per heavy atom. The molecule has 1 aliphatic heterocycles. The van der Waals surface area contributed by atoms with Gasteiger partial charge in [0.15, 0.2) is 5.96 Å². The third-order valence-electron chi connectivity index (χ3n) is 3.64. The molecule has 1 saturated heterocycles. The van der Waals surface area contributed by atoms with Gasteiger partial charge in [-0.1, -0.05) is 44.2 Å². The molecule has 1 fully saturated rings. The molecule has 1 aromatic carbocycles. The lowest BCUT2D eigenvalue weighted by atomic mass is 9.99. The first-order valence-electron chi connectivity index (χ1n) is 7.21. The van der Waals surface area contributed by atoms with Crippen LogP contribution < -0.4 is 5.32 Å². The van der Waals surface area contributed by atoms with Crippen LogP contribution in [0.15, 0.2) is 35.3 Å². The van der Waals surface area contributed by atoms with Crippen molar-refractivity contribution in [3.05, 3.63) is 35.9 Å². The van der Waals surface area contributed by atoms with Crippen molar-refractivity contribution in [1.29, 1.82) is 0 Å². The number of rotatable bonds is 3. The molecule has 3 nitrogen and oxygen atoms in total. The second kappa shape index (κ2) is 8.49. The van der Waals surface area contributed by atoms with E-state index in [0.717, 1.165) is 25.6 Å². The van der Waals surface area contributed by atoms with Crippen molar-refractivity contribution in [2.45, 2.75) is 26.2 Å². The summed E-state index contributed by atoms with van der Waals surface area (Å²) in [5.41, 5.74) is 1.45. The van der Waals surface area contributed by atoms with Gasteiger partial charge in [0.1, 0.15) is 0 Å². The molecule has 0 aromatic heterocycles. The summed E-state index contributed by atoms with van der Waals surface area (Å²) in [6, 6.07) is 10.8. The number of guanidine groups is 1. The average molecular weight is 387 g/mol. The molecule has 2 rings (SSSR count). The number of benzene rings is 1. The first kappa shape index (κ1) is 17.3. The largest absolute Gasteiger partial charge is 0.356 e. The standard InChI is InChI=1S/C16H25N3.HI/c1-13(2)11-18-16(17-3)19-10-9-15(12-19)14-7-5-4-6-8-14;/h4-8,13,15H,9-12H2,1-3H3,(H,17,18);1H. The Morgan fingerprint density at radius 3 is 2.65 bits per heavy atom. The highest BCUT2D eigenvalue weighted by molar-refractivity contribution is 14.0. The lowest BCUT2D eigenvalue weighted by molar-refractivity contribution is 0.476. The number of nitrogens with zero attached hydrogens (tertiary/aromatic N) is 2. The minimum absolute atomic E-state index is 0. The molecule has 0 radical (unpaired) electrons. The van der Waals surface area contributed by atoms with Gasteiger partial charge in [-0.05, 0) is 17.9 Å². The van der Waals surface area contributed by atoms with Crippen molar-refractivity contribution < 1.29 is 0 Å². The van der Waals surface area contributed by atoms with Crippen molar-refractivity contribution in [1.82, 2.24) is 10.2 Å². The zero-order valence-electron chi connectivity index (χ0n) is 12.7. The second-order valence-corrected chi connectivity index (χ2v) is 5.66. The fourth-order valence-electron chi connectivity index (χ4n) is 2.58. The maximum Gasteiger partial charge on any atom is 0.193 e. The van der Waals surface area contributed by atoms with E-state index in [1.54, 1.807) is 0 Å². The van der Waals surface area contributed by atoms with Gasteiger partial charge in [0.05, 0.1) is 0 Å². The van der Waals surface area contributed by atoms with E-state index in [-0.39, 0.29) is 24.0 Å². The first-order valence-corrected chi connectivity index (χ1v) is 7.21. The third kappa shape index (κ3) is 4.65. The Balaban J connectivity index is 0.00000200. The fourth-order valence-corrected chi connectivity index (χ4v) is 2.58. The Labute approximate surface area is 139 Å². The predicted octanol–water partition coefficient (Wildman–Crippen LogP) is 3.33. The zero-order valence-corrected chi connectivity index (χ0v) is 15.0. The molecular weight excluding hydrogens is 361 g/mol. The third-order valence-corrected chi connectivity index (χ3v) is 3.64. The summed E-state index contributed by atoms with van der Waals surface area (Å²) in [6.07, 6.45) is 1.21. The fraction of sp³-hybridized carbons (Fsp3) is 0.562. The van der Waals surface area contributed by atoms with Gasteiger partial charge in [0.2, 0.25) is 0 Å². The Kier molecular flexibility index (Phi) is 7.34. The summed E-state index contributed by atoms with van der Waals surface area (Å²) in [7, 11) is 1.87. The molecule has 1 N–H and O–H groups in total. The predicted molar refractivity (Wildman–Crippen MR) is 97.0 cm³/mol. The van der Waals surface area contributed by atoms with Crippen LogP contribution in [-0.2, 0) is 0 Å². The van der Waals surface area contributed by atoms with Crippen LogP contribution >= 0.6 is 24.0 Å². The van der Waals surface area contributed by atoms with E-state index in [1.807, 2.05) is 7.05 Å². The number of likely N-dealkylation sites (tertiary alicyclic amines) is 1. The Hall–Kier alpha value is -0.780. The topological polar surface area (TPSA) is 27.6 Å². The summed E-state index contributed by atoms with van der Waals surface area (Å²) in [5.74, 6) is 2.33. The monoisotopic (exact) mass is 387 g/mol. The summed E-state index contributed by atoms with van der Waals surface area (Å²) < 4.78 is 0. The molecule has 1 heterocycles. The Bertz CT molecular complexity index is 417. The van der Waals surface area contributed by atoms with Crippen molar-refractivity contribution in [3.8, 4) is 0 Å². The van der Waals surface area contributed by atoms with Crippen molar-refractivity contribution in [2.75, 3.05) is 26.7 Å². The summed E-state index contributed by atoms with van der Waals surface area (Å²) in [5, 5.41) is 3.46. The molecular formula is C16H26IN3. The molecule has 0 bridgehead atoms. The lowest BCUT2D eigenvalue weighted by Crippen LogP contribution is -2.41. The normalized spacial score (nSPS) is 19.1. The van der Waals surface area contributed by atoms with Gasteiger partial charge >= 0.3 is 0 Å². The number of hydrogen-bond acceptors (Lipinski definition) is 1. The molecule has 0 aliphatic carbocycles. The van der Waals surface area contributed by atoms with Gasteiger partial charge in [0, 0.05) is 32.6 Å². The highest BCUT2D eigenvalue weighted by Gasteiger charge is 2.25. The lowest BCUT2D eigenvalue weighted by Gasteiger charge is -2.22. The number of aliphatic imine (C=N–C) groups is 1. The van der Waals surface area contributed by atoms with Crippen LogP contribution in [0.2, 0.25) is 0 Å². The van der Waals surface area contributed by atoms with Crippen LogP contribution in [0.1, 0.15) is 31.7 Å². The van der Waals surface area contributed by atoms with Crippen LogP contribution in [0.5, 0.6) is 0 Å². The molecule has 1 atom stereocenters. The van der Waals surface area contributed by atoms with Gasteiger partial charge in [-0.3, -0.25) is 4.99 Å². The Morgan fingerprint density at radius 1 is 1.35 bits per heavy atom. The van der Waals surface area contributed by atoms with Gasteiger partial charge in [-0.25, -0.2) is 0 Å². The molecule has 0 amide bonds. The van der Waals surface area contributed by atoms with Gasteiger partial charge in [0.25, 0.3) is 0 Å². The smallest absolute Gasteiger partial charge is 0.193 e. The molecule has 4 heteroatoms. The maximum absolute atomic E-state index is 4.40. The molecule has 1 unspecified atom stereocenters. The van der Waals surface area contributed by atoms with Crippen LogP contribution in [0.4, 0.5) is 0 Å². The van der Waals surface area contributed by atoms with Crippen LogP contribution in [-0.4, -0.2) is 37.5 Å². The van der Waals surface area contributed by atoms with E-state index in [1.165, 1.54) is 12.0 Å². The highest BCUT2D eigenvalue weighted by atomic mass is 127. The zero-order chi connectivity index (χ0) is 13.7. The molecule has 0 saturated carbocycles. The van der Waals surface area contributed by atoms with Crippen molar-refractivity contribution >= 4 is 29.9 Å². The van der Waals surface area contributed by atoms with E-state index in [0.29, 0.717) is 11.8 Å². The minimum atomic E-state index is 0. The van der Waals surface area contributed by atoms with Crippen LogP contribution in [0.25, 0.3) is 0 Å². The van der Waals surface area contributed by atoms with E-state index in [4.69, 9.17) is 0 Å². The summed E-state index contributed by atoms with van der Waals surface area (Å²) >= 11 is 0. The van der Waals surface area contributed by atoms with Gasteiger partial charge in [-0.2, -0.15) is 0 Å². The van der Waals surface area contributed by atoms with E-state index in [9.17, 15) is 0 Å². The van der Waals surface area contributed by atoms with E-state index in [2.05, 4.69) is 59.4 Å². The van der Waals surface area contributed by atoms with Gasteiger partial charge < -0.3 is 10.2 Å². The number of nitrogens with one attached hydrogen (secondary N) is 1. The second-order valence-electron chi connectivity index (χ2n) is 5.66. The number of halogens is 1. The van der Waals surface area contributed by atoms with Gasteiger partial charge in [-0.15, -0.1) is 24.0 Å². The van der Waals surface area contributed by atoms with Crippen molar-refractivity contribution in [2.24, 2.45) is 10.9 Å². The van der Waals surface area contributed by atoms with Crippen LogP contribution in [0.3, 0.4) is 0 Å². The maximum atomic E-state index is 4.40. The van der Waals surface area contributed by atoms with Crippen LogP contribution in [0, 0.1) is 5.92 Å². The highest BCUT2D eigenvalue weighted by Crippen LogP contribution is 2.26. The summed E-state index contributed by atoms with van der Waals surface area (Å²) in [6.45, 7) is 7.59. The molecule has 0 spiro atoms. The quantitative estimate of drug-likeness (QED) is 0.490. The SMILES string of the molecule is CN=C(NCC(C)C)N1CCC(c2ccccc2)C1.I. The molecule has 112 valence electrons. The van der Waals surface area contributed by atoms with E-state index >= 15 is 0 Å². The minimum Gasteiger partial charge on any atom is -0.356 e. The molecule has 1 aromatic rings. The average Bonchev–Trinajstić information content (AvgIpc) is 2.90. The molecule has 1 aliphatic rings. The van der Waals surface area contributed by atoms with Crippen molar-refractivity contribution in [3.63, 3.8) is 0 Å².